The smallest absolute Gasteiger partial charge is 0.240 e. The van der Waals surface area contributed by atoms with Gasteiger partial charge in [0.2, 0.25) is 11.8 Å². The Bertz CT molecular complexity index is 884. The van der Waals surface area contributed by atoms with Crippen LogP contribution in [0.1, 0.15) is 11.3 Å². The molecule has 2 heterocycles. The molecule has 134 valence electrons. The zero-order valence-corrected chi connectivity index (χ0v) is 16.3. The van der Waals surface area contributed by atoms with E-state index in [9.17, 15) is 9.59 Å². The van der Waals surface area contributed by atoms with Crippen LogP contribution < -0.4 is 10.6 Å². The third-order valence-corrected chi connectivity index (χ3v) is 5.85. The summed E-state index contributed by atoms with van der Waals surface area (Å²) < 4.78 is 0. The fourth-order valence-electron chi connectivity index (χ4n) is 2.04. The lowest BCUT2D eigenvalue weighted by atomic mass is 10.2. The van der Waals surface area contributed by atoms with E-state index in [0.717, 1.165) is 4.88 Å². The second-order valence-corrected chi connectivity index (χ2v) is 8.13. The molecule has 0 aliphatic carbocycles. The maximum atomic E-state index is 12.1. The highest BCUT2D eigenvalue weighted by Gasteiger charge is 2.32. The zero-order valence-electron chi connectivity index (χ0n) is 13.1. The molecule has 1 saturated heterocycles. The van der Waals surface area contributed by atoms with Gasteiger partial charge in [-0.15, -0.1) is 16.4 Å². The summed E-state index contributed by atoms with van der Waals surface area (Å²) >= 11 is 14.5. The first-order valence-corrected chi connectivity index (χ1v) is 9.90. The van der Waals surface area contributed by atoms with Crippen LogP contribution in [0.3, 0.4) is 0 Å². The molecule has 1 aliphatic rings. The molecule has 2 N–H and O–H groups in total. The first-order chi connectivity index (χ1) is 12.5. The number of carbonyl (C=O) groups is 2. The maximum absolute atomic E-state index is 12.1. The molecular weight excluding hydrogens is 415 g/mol. The number of thiophene rings is 1. The average molecular weight is 427 g/mol. The van der Waals surface area contributed by atoms with Gasteiger partial charge < -0.3 is 10.6 Å². The van der Waals surface area contributed by atoms with Gasteiger partial charge in [0, 0.05) is 17.0 Å². The van der Waals surface area contributed by atoms with Crippen LogP contribution in [-0.2, 0) is 9.59 Å². The Kier molecular flexibility index (Phi) is 6.31. The molecule has 2 aromatic rings. The van der Waals surface area contributed by atoms with Gasteiger partial charge in [-0.2, -0.15) is 5.10 Å². The summed E-state index contributed by atoms with van der Waals surface area (Å²) in [5, 5.41) is 15.7. The molecule has 1 aromatic carbocycles. The fraction of sp³-hybridized carbons (Fsp3) is 0.125. The van der Waals surface area contributed by atoms with E-state index in [4.69, 9.17) is 23.2 Å². The molecule has 0 bridgehead atoms. The van der Waals surface area contributed by atoms with Crippen molar-refractivity contribution in [3.63, 3.8) is 0 Å². The van der Waals surface area contributed by atoms with Crippen LogP contribution >= 0.6 is 46.3 Å². The van der Waals surface area contributed by atoms with Gasteiger partial charge in [-0.3, -0.25) is 9.59 Å². The van der Waals surface area contributed by atoms with Gasteiger partial charge >= 0.3 is 0 Å². The zero-order chi connectivity index (χ0) is 18.5. The molecule has 26 heavy (non-hydrogen) atoms. The van der Waals surface area contributed by atoms with Crippen molar-refractivity contribution >= 4 is 75.2 Å². The lowest BCUT2D eigenvalue weighted by molar-refractivity contribution is -0.122. The van der Waals surface area contributed by atoms with Gasteiger partial charge in [0.1, 0.15) is 5.25 Å². The number of amidine groups is 1. The Hall–Kier alpha value is -1.87. The van der Waals surface area contributed by atoms with Crippen LogP contribution in [0.15, 0.2) is 45.9 Å². The lowest BCUT2D eigenvalue weighted by Gasteiger charge is -2.08. The van der Waals surface area contributed by atoms with E-state index in [-0.39, 0.29) is 18.2 Å². The summed E-state index contributed by atoms with van der Waals surface area (Å²) in [6.07, 6.45) is 1.61. The number of anilines is 1. The standard InChI is InChI=1S/C16H12Cl2N4O2S2/c17-11-4-3-9(6-12(11)18)20-14(23)7-13-15(24)21-16(26-13)22-19-8-10-2-1-5-25-10/h1-6,8,13H,7H2,(H,20,23)(H,21,22,24)/b19-8-. The molecule has 2 amide bonds. The SMILES string of the molecule is O=C(CC1S/C(=N/N=C\c2cccs2)NC1=O)Nc1ccc(Cl)c(Cl)c1. The molecule has 1 aromatic heterocycles. The Balaban J connectivity index is 1.55. The van der Waals surface area contributed by atoms with Crippen molar-refractivity contribution < 1.29 is 9.59 Å². The highest BCUT2D eigenvalue weighted by atomic mass is 35.5. The van der Waals surface area contributed by atoms with Crippen LogP contribution in [0.2, 0.25) is 10.0 Å². The topological polar surface area (TPSA) is 82.9 Å². The van der Waals surface area contributed by atoms with Crippen molar-refractivity contribution in [2.45, 2.75) is 11.7 Å². The number of hydrogen-bond donors (Lipinski definition) is 2. The number of amides is 2. The normalized spacial score (nSPS) is 18.5. The van der Waals surface area contributed by atoms with E-state index >= 15 is 0 Å². The van der Waals surface area contributed by atoms with Crippen LogP contribution in [-0.4, -0.2) is 28.4 Å². The van der Waals surface area contributed by atoms with Crippen LogP contribution in [0, 0.1) is 0 Å². The lowest BCUT2D eigenvalue weighted by Crippen LogP contribution is -2.28. The second kappa shape index (κ2) is 8.68. The molecule has 1 atom stereocenters. The summed E-state index contributed by atoms with van der Waals surface area (Å²) in [7, 11) is 0. The number of benzene rings is 1. The Labute approximate surface area is 167 Å². The molecule has 0 saturated carbocycles. The summed E-state index contributed by atoms with van der Waals surface area (Å²) in [6.45, 7) is 0. The van der Waals surface area contributed by atoms with Crippen molar-refractivity contribution in [3.05, 3.63) is 50.6 Å². The predicted octanol–water partition coefficient (Wildman–Crippen LogP) is 4.01. The minimum atomic E-state index is -0.562. The van der Waals surface area contributed by atoms with E-state index in [2.05, 4.69) is 20.8 Å². The molecule has 1 unspecified atom stereocenters. The average Bonchev–Trinajstić information content (AvgIpc) is 3.22. The number of nitrogens with zero attached hydrogens (tertiary/aromatic N) is 2. The Morgan fingerprint density at radius 1 is 1.31 bits per heavy atom. The molecule has 1 aliphatic heterocycles. The van der Waals surface area contributed by atoms with Crippen molar-refractivity contribution in [3.8, 4) is 0 Å². The maximum Gasteiger partial charge on any atom is 0.240 e. The van der Waals surface area contributed by atoms with Gasteiger partial charge in [0.05, 0.1) is 16.3 Å². The minimum Gasteiger partial charge on any atom is -0.326 e. The largest absolute Gasteiger partial charge is 0.326 e. The number of rotatable bonds is 5. The second-order valence-electron chi connectivity index (χ2n) is 5.14. The third kappa shape index (κ3) is 5.07. The van der Waals surface area contributed by atoms with E-state index < -0.39 is 5.25 Å². The van der Waals surface area contributed by atoms with Gasteiger partial charge in [-0.05, 0) is 29.6 Å². The number of carbonyl (C=O) groups excluding carboxylic acids is 2. The van der Waals surface area contributed by atoms with Gasteiger partial charge in [-0.1, -0.05) is 41.0 Å². The van der Waals surface area contributed by atoms with E-state index in [1.165, 1.54) is 23.1 Å². The summed E-state index contributed by atoms with van der Waals surface area (Å²) in [5.74, 6) is -0.580. The van der Waals surface area contributed by atoms with E-state index in [0.29, 0.717) is 20.9 Å². The number of halogens is 2. The van der Waals surface area contributed by atoms with Gasteiger partial charge in [-0.25, -0.2) is 0 Å². The Morgan fingerprint density at radius 3 is 2.88 bits per heavy atom. The molecule has 6 nitrogen and oxygen atoms in total. The Morgan fingerprint density at radius 2 is 2.15 bits per heavy atom. The quantitative estimate of drug-likeness (QED) is 0.559. The van der Waals surface area contributed by atoms with Crippen molar-refractivity contribution in [1.29, 1.82) is 0 Å². The summed E-state index contributed by atoms with van der Waals surface area (Å²) in [6, 6.07) is 8.60. The molecule has 3 rings (SSSR count). The summed E-state index contributed by atoms with van der Waals surface area (Å²) in [5.41, 5.74) is 0.516. The van der Waals surface area contributed by atoms with Crippen molar-refractivity contribution in [1.82, 2.24) is 5.32 Å². The highest BCUT2D eigenvalue weighted by Crippen LogP contribution is 2.26. The van der Waals surface area contributed by atoms with E-state index in [1.54, 1.807) is 24.4 Å². The number of nitrogens with one attached hydrogen (secondary N) is 2. The first kappa shape index (κ1) is 18.9. The minimum absolute atomic E-state index is 0.00437. The van der Waals surface area contributed by atoms with Crippen LogP contribution in [0.4, 0.5) is 5.69 Å². The fourth-order valence-corrected chi connectivity index (χ4v) is 3.85. The highest BCUT2D eigenvalue weighted by molar-refractivity contribution is 8.15. The van der Waals surface area contributed by atoms with Crippen LogP contribution in [0.25, 0.3) is 0 Å². The first-order valence-electron chi connectivity index (χ1n) is 7.38. The summed E-state index contributed by atoms with van der Waals surface area (Å²) in [4.78, 5) is 25.1. The van der Waals surface area contributed by atoms with Gasteiger partial charge in [0.15, 0.2) is 5.17 Å². The molecule has 1 fully saturated rings. The van der Waals surface area contributed by atoms with Crippen molar-refractivity contribution in [2.75, 3.05) is 5.32 Å². The molecule has 0 spiro atoms. The predicted molar refractivity (Wildman–Crippen MR) is 109 cm³/mol. The van der Waals surface area contributed by atoms with Gasteiger partial charge in [0.25, 0.3) is 0 Å². The van der Waals surface area contributed by atoms with E-state index in [1.807, 2.05) is 17.5 Å². The monoisotopic (exact) mass is 426 g/mol. The molecule has 0 radical (unpaired) electrons. The molecular formula is C16H12Cl2N4O2S2. The van der Waals surface area contributed by atoms with Crippen LogP contribution in [0.5, 0.6) is 0 Å². The van der Waals surface area contributed by atoms with Crippen molar-refractivity contribution in [2.24, 2.45) is 10.2 Å². The number of thioether (sulfide) groups is 1. The third-order valence-electron chi connectivity index (χ3n) is 3.23. The number of hydrogen-bond acceptors (Lipinski definition) is 6. The molecule has 10 heteroatoms.